The molecule has 0 aromatic heterocycles. The van der Waals surface area contributed by atoms with Crippen molar-refractivity contribution in [1.82, 2.24) is 9.80 Å². The normalized spacial score (nSPS) is 28.2. The summed E-state index contributed by atoms with van der Waals surface area (Å²) in [6, 6.07) is 0.630. The van der Waals surface area contributed by atoms with Crippen LogP contribution in [0, 0.1) is 0 Å². The second-order valence-corrected chi connectivity index (χ2v) is 5.39. The highest BCUT2D eigenvalue weighted by molar-refractivity contribution is 4.93. The van der Waals surface area contributed by atoms with Gasteiger partial charge in [0.1, 0.15) is 0 Å². The van der Waals surface area contributed by atoms with Gasteiger partial charge >= 0.3 is 0 Å². The first-order valence-corrected chi connectivity index (χ1v) is 6.16. The van der Waals surface area contributed by atoms with Gasteiger partial charge in [-0.1, -0.05) is 6.92 Å². The number of piperazine rings is 1. The Bertz CT molecular complexity index is 191. The third-order valence-corrected chi connectivity index (χ3v) is 3.62. The average molecular weight is 213 g/mol. The van der Waals surface area contributed by atoms with Gasteiger partial charge in [0.15, 0.2) is 0 Å². The lowest BCUT2D eigenvalue weighted by Crippen LogP contribution is -2.62. The molecule has 0 aromatic carbocycles. The fourth-order valence-corrected chi connectivity index (χ4v) is 2.60. The predicted molar refractivity (Wildman–Crippen MR) is 66.0 cm³/mol. The molecule has 3 nitrogen and oxygen atoms in total. The Hall–Kier alpha value is -0.120. The van der Waals surface area contributed by atoms with Crippen LogP contribution in [0.1, 0.15) is 33.6 Å². The fourth-order valence-electron chi connectivity index (χ4n) is 2.60. The molecule has 1 aliphatic heterocycles. The molecule has 0 aliphatic carbocycles. The molecule has 0 amide bonds. The van der Waals surface area contributed by atoms with Crippen molar-refractivity contribution in [3.8, 4) is 0 Å². The van der Waals surface area contributed by atoms with Crippen molar-refractivity contribution in [2.24, 2.45) is 5.73 Å². The summed E-state index contributed by atoms with van der Waals surface area (Å²) in [5.74, 6) is 0. The van der Waals surface area contributed by atoms with Gasteiger partial charge in [-0.25, -0.2) is 0 Å². The van der Waals surface area contributed by atoms with Crippen molar-refractivity contribution < 1.29 is 0 Å². The topological polar surface area (TPSA) is 32.5 Å². The predicted octanol–water partition coefficient (Wildman–Crippen LogP) is 1.14. The van der Waals surface area contributed by atoms with Crippen LogP contribution in [0.25, 0.3) is 0 Å². The van der Waals surface area contributed by atoms with Crippen LogP contribution in [-0.4, -0.2) is 54.6 Å². The van der Waals surface area contributed by atoms with E-state index >= 15 is 0 Å². The lowest BCUT2D eigenvalue weighted by molar-refractivity contribution is -0.00818. The van der Waals surface area contributed by atoms with Crippen LogP contribution < -0.4 is 5.73 Å². The molecule has 2 N–H and O–H groups in total. The largest absolute Gasteiger partial charge is 0.330 e. The Morgan fingerprint density at radius 3 is 2.60 bits per heavy atom. The Morgan fingerprint density at radius 2 is 2.07 bits per heavy atom. The molecule has 3 heteroatoms. The second-order valence-electron chi connectivity index (χ2n) is 5.39. The second kappa shape index (κ2) is 5.28. The quantitative estimate of drug-likeness (QED) is 0.760. The number of likely N-dealkylation sites (N-methyl/N-ethyl adjacent to an activating group) is 1. The molecule has 1 rings (SSSR count). The minimum Gasteiger partial charge on any atom is -0.330 e. The molecule has 0 aromatic rings. The zero-order valence-electron chi connectivity index (χ0n) is 10.8. The molecule has 0 radical (unpaired) electrons. The van der Waals surface area contributed by atoms with Gasteiger partial charge in [0, 0.05) is 24.7 Å². The van der Waals surface area contributed by atoms with Crippen LogP contribution in [0.2, 0.25) is 0 Å². The van der Waals surface area contributed by atoms with Crippen LogP contribution in [0.15, 0.2) is 0 Å². The van der Waals surface area contributed by atoms with Crippen LogP contribution in [-0.2, 0) is 0 Å². The minimum absolute atomic E-state index is 0.285. The van der Waals surface area contributed by atoms with Crippen LogP contribution >= 0.6 is 0 Å². The van der Waals surface area contributed by atoms with E-state index in [9.17, 15) is 0 Å². The smallest absolute Gasteiger partial charge is 0.0280 e. The molecular weight excluding hydrogens is 186 g/mol. The summed E-state index contributed by atoms with van der Waals surface area (Å²) in [6.45, 7) is 11.3. The van der Waals surface area contributed by atoms with E-state index in [-0.39, 0.29) is 5.54 Å². The molecule has 0 bridgehead atoms. The number of nitrogens with zero attached hydrogens (tertiary/aromatic N) is 2. The Labute approximate surface area is 94.6 Å². The summed E-state index contributed by atoms with van der Waals surface area (Å²) in [4.78, 5) is 5.09. The third-order valence-electron chi connectivity index (χ3n) is 3.62. The maximum absolute atomic E-state index is 5.68. The molecule has 1 unspecified atom stereocenters. The van der Waals surface area contributed by atoms with Gasteiger partial charge in [0.25, 0.3) is 0 Å². The summed E-state index contributed by atoms with van der Waals surface area (Å²) >= 11 is 0. The molecule has 1 fully saturated rings. The van der Waals surface area contributed by atoms with E-state index in [4.69, 9.17) is 5.73 Å². The summed E-state index contributed by atoms with van der Waals surface area (Å²) in [5, 5.41) is 0. The van der Waals surface area contributed by atoms with Gasteiger partial charge in [-0.3, -0.25) is 9.80 Å². The average Bonchev–Trinajstić information content (AvgIpc) is 2.14. The SMILES string of the molecule is CCCN1CC(CCN)N(C)C(C)(C)C1. The van der Waals surface area contributed by atoms with Gasteiger partial charge in [-0.15, -0.1) is 0 Å². The van der Waals surface area contributed by atoms with Crippen molar-refractivity contribution in [3.63, 3.8) is 0 Å². The summed E-state index contributed by atoms with van der Waals surface area (Å²) < 4.78 is 0. The first-order valence-electron chi connectivity index (χ1n) is 6.16. The molecule has 1 aliphatic rings. The highest BCUT2D eigenvalue weighted by Gasteiger charge is 2.36. The minimum atomic E-state index is 0.285. The number of rotatable bonds is 4. The molecule has 0 spiro atoms. The van der Waals surface area contributed by atoms with E-state index in [1.807, 2.05) is 0 Å². The summed E-state index contributed by atoms with van der Waals surface area (Å²) in [5.41, 5.74) is 5.97. The molecule has 1 atom stereocenters. The lowest BCUT2D eigenvalue weighted by atomic mass is 9.94. The number of hydrogen-bond donors (Lipinski definition) is 1. The Morgan fingerprint density at radius 1 is 1.40 bits per heavy atom. The Balaban J connectivity index is 2.63. The monoisotopic (exact) mass is 213 g/mol. The van der Waals surface area contributed by atoms with Crippen LogP contribution in [0.3, 0.4) is 0 Å². The van der Waals surface area contributed by atoms with Gasteiger partial charge < -0.3 is 5.73 Å². The zero-order chi connectivity index (χ0) is 11.5. The van der Waals surface area contributed by atoms with Gasteiger partial charge in [0.05, 0.1) is 0 Å². The zero-order valence-corrected chi connectivity index (χ0v) is 10.8. The van der Waals surface area contributed by atoms with Gasteiger partial charge in [-0.2, -0.15) is 0 Å². The van der Waals surface area contributed by atoms with E-state index < -0.39 is 0 Å². The van der Waals surface area contributed by atoms with Crippen LogP contribution in [0.4, 0.5) is 0 Å². The van der Waals surface area contributed by atoms with Crippen molar-refractivity contribution in [3.05, 3.63) is 0 Å². The number of nitrogens with two attached hydrogens (primary N) is 1. The fraction of sp³-hybridized carbons (Fsp3) is 1.00. The molecule has 0 saturated carbocycles. The molecule has 15 heavy (non-hydrogen) atoms. The molecule has 1 saturated heterocycles. The first-order chi connectivity index (χ1) is 7.01. The lowest BCUT2D eigenvalue weighted by Gasteiger charge is -2.50. The maximum Gasteiger partial charge on any atom is 0.0280 e. The Kier molecular flexibility index (Phi) is 4.56. The summed E-state index contributed by atoms with van der Waals surface area (Å²) in [7, 11) is 2.24. The summed E-state index contributed by atoms with van der Waals surface area (Å²) in [6.07, 6.45) is 2.36. The van der Waals surface area contributed by atoms with Crippen LogP contribution in [0.5, 0.6) is 0 Å². The number of hydrogen-bond acceptors (Lipinski definition) is 3. The molecular formula is C12H27N3. The van der Waals surface area contributed by atoms with E-state index in [0.29, 0.717) is 6.04 Å². The van der Waals surface area contributed by atoms with Crippen molar-refractivity contribution >= 4 is 0 Å². The van der Waals surface area contributed by atoms with E-state index in [2.05, 4.69) is 37.6 Å². The van der Waals surface area contributed by atoms with Crippen molar-refractivity contribution in [2.45, 2.75) is 45.2 Å². The first kappa shape index (κ1) is 12.9. The van der Waals surface area contributed by atoms with E-state index in [0.717, 1.165) is 13.0 Å². The highest BCUT2D eigenvalue weighted by Crippen LogP contribution is 2.24. The van der Waals surface area contributed by atoms with E-state index in [1.165, 1.54) is 26.1 Å². The highest BCUT2D eigenvalue weighted by atomic mass is 15.3. The molecule has 90 valence electrons. The standard InChI is InChI=1S/C12H27N3/c1-5-8-15-9-11(6-7-13)14(4)12(2,3)10-15/h11H,5-10,13H2,1-4H3. The third kappa shape index (κ3) is 3.16. The molecule has 1 heterocycles. The van der Waals surface area contributed by atoms with E-state index in [1.54, 1.807) is 0 Å². The van der Waals surface area contributed by atoms with Crippen molar-refractivity contribution in [1.29, 1.82) is 0 Å². The van der Waals surface area contributed by atoms with Crippen molar-refractivity contribution in [2.75, 3.05) is 33.2 Å². The van der Waals surface area contributed by atoms with Gasteiger partial charge in [0.2, 0.25) is 0 Å². The maximum atomic E-state index is 5.68. The van der Waals surface area contributed by atoms with Gasteiger partial charge in [-0.05, 0) is 46.8 Å².